The van der Waals surface area contributed by atoms with Crippen molar-refractivity contribution in [2.75, 3.05) is 19.8 Å². The number of carbonyl (C=O) groups excluding carboxylic acids is 3. The Labute approximate surface area is 393 Å². The van der Waals surface area contributed by atoms with Gasteiger partial charge in [-0.15, -0.1) is 0 Å². The largest absolute Gasteiger partial charge is 0.466 e. The topological polar surface area (TPSA) is 88.1 Å². The Balaban J connectivity index is 1.97. The van der Waals surface area contributed by atoms with Crippen molar-refractivity contribution in [2.24, 2.45) is 5.92 Å². The molecule has 0 bridgehead atoms. The van der Waals surface area contributed by atoms with Gasteiger partial charge in [0, 0.05) is 31.3 Å². The third-order valence-electron chi connectivity index (χ3n) is 12.7. The summed E-state index contributed by atoms with van der Waals surface area (Å²) >= 11 is 0. The van der Waals surface area contributed by atoms with Gasteiger partial charge in [0.15, 0.2) is 0 Å². The summed E-state index contributed by atoms with van der Waals surface area (Å²) in [7, 11) is -2.73. The van der Waals surface area contributed by atoms with Gasteiger partial charge >= 0.3 is 17.9 Å². The lowest BCUT2D eigenvalue weighted by Crippen LogP contribution is -2.67. The molecule has 364 valence electrons. The molecule has 2 rings (SSSR count). The average Bonchev–Trinajstić information content (AvgIpc) is 3.29. The molecular weight excluding hydrogens is 813 g/mol. The molecule has 0 heterocycles. The maximum atomic E-state index is 13.0. The van der Waals surface area contributed by atoms with E-state index in [0.717, 1.165) is 70.6 Å². The highest BCUT2D eigenvalue weighted by atomic mass is 28.4. The molecule has 0 fully saturated rings. The van der Waals surface area contributed by atoms with E-state index in [0.29, 0.717) is 38.7 Å². The van der Waals surface area contributed by atoms with Crippen molar-refractivity contribution in [3.05, 3.63) is 60.7 Å². The fourth-order valence-corrected chi connectivity index (χ4v) is 13.6. The van der Waals surface area contributed by atoms with Crippen LogP contribution in [0.4, 0.5) is 0 Å². The maximum Gasteiger partial charge on any atom is 0.305 e. The zero-order valence-electron chi connectivity index (χ0n) is 41.9. The van der Waals surface area contributed by atoms with E-state index in [1.165, 1.54) is 93.8 Å². The first-order valence-corrected chi connectivity index (χ1v) is 28.2. The third kappa shape index (κ3) is 25.1. The zero-order valence-corrected chi connectivity index (χ0v) is 42.9. The summed E-state index contributed by atoms with van der Waals surface area (Å²) in [6.07, 6.45) is 29.7. The number of rotatable bonds is 40. The first-order valence-electron chi connectivity index (χ1n) is 26.3. The predicted octanol–water partition coefficient (Wildman–Crippen LogP) is 14.5. The minimum absolute atomic E-state index is 0.0568. The third-order valence-corrected chi connectivity index (χ3v) is 17.8. The van der Waals surface area contributed by atoms with Crippen LogP contribution < -0.4 is 10.4 Å². The molecule has 0 aliphatic heterocycles. The van der Waals surface area contributed by atoms with Crippen molar-refractivity contribution < 1.29 is 33.0 Å². The van der Waals surface area contributed by atoms with E-state index in [1.807, 2.05) is 0 Å². The fraction of sp³-hybridized carbons (Fsp3) is 0.732. The van der Waals surface area contributed by atoms with Crippen LogP contribution in [0.1, 0.15) is 228 Å². The van der Waals surface area contributed by atoms with E-state index in [-0.39, 0.29) is 48.2 Å². The Morgan fingerprint density at radius 3 is 1.25 bits per heavy atom. The summed E-state index contributed by atoms with van der Waals surface area (Å²) in [5.74, 6) is -0.642. The minimum Gasteiger partial charge on any atom is -0.466 e. The molecule has 0 aliphatic carbocycles. The Morgan fingerprint density at radius 2 is 0.812 bits per heavy atom. The molecule has 0 radical (unpaired) electrons. The molecule has 1 atom stereocenters. The highest BCUT2D eigenvalue weighted by Crippen LogP contribution is 2.38. The molecule has 8 heteroatoms. The average molecular weight is 907 g/mol. The summed E-state index contributed by atoms with van der Waals surface area (Å²) in [4.78, 5) is 38.0. The van der Waals surface area contributed by atoms with E-state index in [4.69, 9.17) is 18.6 Å². The second-order valence-corrected chi connectivity index (χ2v) is 23.8. The van der Waals surface area contributed by atoms with Gasteiger partial charge in [-0.2, -0.15) is 0 Å². The summed E-state index contributed by atoms with van der Waals surface area (Å²) in [5.41, 5.74) is 0. The lowest BCUT2D eigenvalue weighted by atomic mass is 10.0. The van der Waals surface area contributed by atoms with Gasteiger partial charge in [0.25, 0.3) is 8.32 Å². The number of hydrogen-bond donors (Lipinski definition) is 0. The molecule has 0 aromatic heterocycles. The van der Waals surface area contributed by atoms with Gasteiger partial charge in [-0.25, -0.2) is 0 Å². The van der Waals surface area contributed by atoms with Gasteiger partial charge < -0.3 is 18.6 Å². The van der Waals surface area contributed by atoms with E-state index >= 15 is 0 Å². The molecule has 0 amide bonds. The lowest BCUT2D eigenvalue weighted by molar-refractivity contribution is -0.149. The lowest BCUT2D eigenvalue weighted by Gasteiger charge is -2.45. The molecule has 64 heavy (non-hydrogen) atoms. The van der Waals surface area contributed by atoms with Crippen molar-refractivity contribution in [1.29, 1.82) is 0 Å². The van der Waals surface area contributed by atoms with Crippen LogP contribution in [0.5, 0.6) is 0 Å². The first-order chi connectivity index (χ1) is 31.1. The monoisotopic (exact) mass is 907 g/mol. The Morgan fingerprint density at radius 1 is 0.453 bits per heavy atom. The second-order valence-electron chi connectivity index (χ2n) is 19.5. The Bertz CT molecular complexity index is 1370. The number of hydrogen-bond acceptors (Lipinski definition) is 7. The van der Waals surface area contributed by atoms with E-state index in [2.05, 4.69) is 102 Å². The predicted molar refractivity (Wildman–Crippen MR) is 270 cm³/mol. The maximum absolute atomic E-state index is 13.0. The van der Waals surface area contributed by atoms with E-state index in [1.54, 1.807) is 0 Å². The molecule has 0 saturated carbocycles. The van der Waals surface area contributed by atoms with Crippen LogP contribution in [0, 0.1) is 5.92 Å². The van der Waals surface area contributed by atoms with Crippen LogP contribution in [-0.2, 0) is 33.0 Å². The van der Waals surface area contributed by atoms with Crippen LogP contribution >= 0.6 is 0 Å². The van der Waals surface area contributed by atoms with Crippen molar-refractivity contribution >= 4 is 36.6 Å². The first kappa shape index (κ1) is 57.2. The van der Waals surface area contributed by atoms with Crippen molar-refractivity contribution in [3.63, 3.8) is 0 Å². The standard InChI is InChI=1S/C56H94O7Si/c1-7-10-13-16-17-18-19-20-23-26-37-50(63-64(56(4,5)6,51-39-27-24-28-40-51)52-41-29-25-30-42-52)38-35-46-60-53(57)45-34-33-36-49(47-61-54(58)43-31-21-14-11-8-2)48-62-55(59)44-32-22-15-12-9-3/h24-25,27-30,39-42,49-50H,7-23,26,31-38,43-48H2,1-6H3. The number of unbranched alkanes of at least 4 members (excludes halogenated alkanes) is 18. The molecule has 2 aromatic rings. The zero-order chi connectivity index (χ0) is 46.6. The summed E-state index contributed by atoms with van der Waals surface area (Å²) < 4.78 is 24.8. The molecular formula is C56H94O7Si. The quantitative estimate of drug-likeness (QED) is 0.0285. The second kappa shape index (κ2) is 36.2. The van der Waals surface area contributed by atoms with Crippen LogP contribution in [0.2, 0.25) is 5.04 Å². The van der Waals surface area contributed by atoms with Gasteiger partial charge in [-0.05, 0) is 60.4 Å². The summed E-state index contributed by atoms with van der Waals surface area (Å²) in [6, 6.07) is 21.8. The molecule has 2 aromatic carbocycles. The minimum atomic E-state index is -2.73. The van der Waals surface area contributed by atoms with Crippen LogP contribution in [0.15, 0.2) is 60.7 Å². The fourth-order valence-electron chi connectivity index (χ4n) is 8.86. The summed E-state index contributed by atoms with van der Waals surface area (Å²) in [5, 5.41) is 2.48. The smallest absolute Gasteiger partial charge is 0.305 e. The number of ether oxygens (including phenoxy) is 3. The summed E-state index contributed by atoms with van der Waals surface area (Å²) in [6.45, 7) is 14.5. The van der Waals surface area contributed by atoms with Gasteiger partial charge in [-0.1, -0.05) is 224 Å². The molecule has 1 unspecified atom stereocenters. The van der Waals surface area contributed by atoms with E-state index in [9.17, 15) is 14.4 Å². The van der Waals surface area contributed by atoms with Crippen LogP contribution in [0.3, 0.4) is 0 Å². The molecule has 7 nitrogen and oxygen atoms in total. The van der Waals surface area contributed by atoms with Gasteiger partial charge in [0.2, 0.25) is 0 Å². The molecule has 0 aliphatic rings. The Hall–Kier alpha value is -2.97. The molecule has 0 N–H and O–H groups in total. The number of carbonyl (C=O) groups is 3. The van der Waals surface area contributed by atoms with Gasteiger partial charge in [0.05, 0.1) is 19.8 Å². The van der Waals surface area contributed by atoms with Gasteiger partial charge in [0.1, 0.15) is 0 Å². The SMILES string of the molecule is CCCCCCCCCCCCC(CCCOC(=O)CCCCC(COC(=O)CCCCCCC)COC(=O)CCCCCCC)O[Si](c1ccccc1)(c1ccccc1)C(C)(C)C. The van der Waals surface area contributed by atoms with Crippen molar-refractivity contribution in [1.82, 2.24) is 0 Å². The highest BCUT2D eigenvalue weighted by Gasteiger charge is 2.51. The van der Waals surface area contributed by atoms with Crippen molar-refractivity contribution in [3.8, 4) is 0 Å². The van der Waals surface area contributed by atoms with Crippen LogP contribution in [-0.4, -0.2) is 52.1 Å². The highest BCUT2D eigenvalue weighted by molar-refractivity contribution is 6.99. The Kier molecular flexibility index (Phi) is 32.3. The van der Waals surface area contributed by atoms with Crippen LogP contribution in [0.25, 0.3) is 0 Å². The number of esters is 3. The number of benzene rings is 2. The van der Waals surface area contributed by atoms with E-state index < -0.39 is 8.32 Å². The van der Waals surface area contributed by atoms with Gasteiger partial charge in [-0.3, -0.25) is 14.4 Å². The normalized spacial score (nSPS) is 12.4. The molecule has 0 saturated heterocycles. The van der Waals surface area contributed by atoms with Crippen molar-refractivity contribution in [2.45, 2.75) is 239 Å². The molecule has 0 spiro atoms.